The number of benzene rings is 1. The third-order valence-electron chi connectivity index (χ3n) is 6.79. The van der Waals surface area contributed by atoms with Gasteiger partial charge in [-0.05, 0) is 49.4 Å². The van der Waals surface area contributed by atoms with Crippen molar-refractivity contribution in [3.8, 4) is 11.1 Å². The summed E-state index contributed by atoms with van der Waals surface area (Å²) in [5, 5.41) is 10.9. The average molecular weight is 457 g/mol. The molecule has 1 saturated carbocycles. The smallest absolute Gasteiger partial charge is 0.329 e. The second-order valence-corrected chi connectivity index (χ2v) is 8.84. The molecule has 0 radical (unpaired) electrons. The van der Waals surface area contributed by atoms with Gasteiger partial charge in [0.05, 0.1) is 34.5 Å². The monoisotopic (exact) mass is 456 g/mol. The van der Waals surface area contributed by atoms with Crippen molar-refractivity contribution in [3.05, 3.63) is 65.1 Å². The Balaban J connectivity index is 1.65. The van der Waals surface area contributed by atoms with Gasteiger partial charge in [-0.15, -0.1) is 0 Å². The topological polar surface area (TPSA) is 111 Å². The predicted molar refractivity (Wildman–Crippen MR) is 136 cm³/mol. The van der Waals surface area contributed by atoms with E-state index >= 15 is 0 Å². The summed E-state index contributed by atoms with van der Waals surface area (Å²) in [6.07, 6.45) is 9.48. The number of nitrogens with two attached hydrogens (primary N) is 1. The molecule has 1 aliphatic carbocycles. The number of pyridine rings is 2. The highest BCUT2D eigenvalue weighted by Crippen LogP contribution is 2.34. The van der Waals surface area contributed by atoms with Gasteiger partial charge in [-0.1, -0.05) is 12.1 Å². The first-order valence-corrected chi connectivity index (χ1v) is 11.5. The van der Waals surface area contributed by atoms with E-state index in [9.17, 15) is 9.90 Å². The van der Waals surface area contributed by atoms with E-state index in [2.05, 4.69) is 21.0 Å². The molecule has 3 N–H and O–H groups in total. The molecule has 0 aliphatic heterocycles. The van der Waals surface area contributed by atoms with Crippen LogP contribution in [0, 0.1) is 0 Å². The summed E-state index contributed by atoms with van der Waals surface area (Å²) >= 11 is 0. The quantitative estimate of drug-likeness (QED) is 0.457. The maximum atomic E-state index is 13.3. The summed E-state index contributed by atoms with van der Waals surface area (Å²) in [7, 11) is 3.49. The lowest BCUT2D eigenvalue weighted by atomic mass is 9.92. The highest BCUT2D eigenvalue weighted by molar-refractivity contribution is 6.09. The first kappa shape index (κ1) is 22.0. The van der Waals surface area contributed by atoms with E-state index in [4.69, 9.17) is 5.73 Å². The molecule has 34 heavy (non-hydrogen) atoms. The summed E-state index contributed by atoms with van der Waals surface area (Å²) < 4.78 is 3.59. The average Bonchev–Trinajstić information content (AvgIpc) is 3.13. The lowest BCUT2D eigenvalue weighted by Gasteiger charge is -2.26. The molecule has 3 heterocycles. The molecule has 0 unspecified atom stereocenters. The van der Waals surface area contributed by atoms with Gasteiger partial charge in [0, 0.05) is 55.3 Å². The van der Waals surface area contributed by atoms with Crippen LogP contribution >= 0.6 is 0 Å². The number of rotatable bonds is 4. The minimum absolute atomic E-state index is 0.0409. The number of allylic oxidation sites excluding steroid dienone is 1. The van der Waals surface area contributed by atoms with Crippen molar-refractivity contribution in [2.24, 2.45) is 17.8 Å². The molecule has 0 saturated heterocycles. The first-order valence-electron chi connectivity index (χ1n) is 11.5. The molecule has 174 valence electrons. The molecule has 0 amide bonds. The van der Waals surface area contributed by atoms with Gasteiger partial charge in [-0.25, -0.2) is 4.79 Å². The van der Waals surface area contributed by atoms with Crippen molar-refractivity contribution >= 4 is 33.7 Å². The Morgan fingerprint density at radius 2 is 1.88 bits per heavy atom. The minimum atomic E-state index is -0.277. The summed E-state index contributed by atoms with van der Waals surface area (Å²) in [5.74, 6) is 0. The van der Waals surface area contributed by atoms with Crippen LogP contribution in [0.25, 0.3) is 38.6 Å². The van der Waals surface area contributed by atoms with Gasteiger partial charge >= 0.3 is 5.69 Å². The van der Waals surface area contributed by atoms with Crippen LogP contribution in [0.4, 0.5) is 0 Å². The molecule has 0 bridgehead atoms. The Morgan fingerprint density at radius 3 is 2.56 bits per heavy atom. The van der Waals surface area contributed by atoms with Crippen LogP contribution in [0.3, 0.4) is 0 Å². The number of aryl methyl sites for hydroxylation is 1. The fourth-order valence-corrected chi connectivity index (χ4v) is 4.93. The number of nitrogens with zero attached hydrogens (tertiary/aromatic N) is 5. The number of hydrogen-bond donors (Lipinski definition) is 2. The molecule has 8 heteroatoms. The van der Waals surface area contributed by atoms with Crippen molar-refractivity contribution in [2.75, 3.05) is 7.05 Å². The number of aliphatic imine (C=N–C) groups is 1. The minimum Gasteiger partial charge on any atom is -0.404 e. The van der Waals surface area contributed by atoms with Gasteiger partial charge in [0.1, 0.15) is 0 Å². The summed E-state index contributed by atoms with van der Waals surface area (Å²) in [4.78, 5) is 26.5. The van der Waals surface area contributed by atoms with Crippen LogP contribution in [0.1, 0.15) is 37.4 Å². The van der Waals surface area contributed by atoms with Gasteiger partial charge in [0.15, 0.2) is 0 Å². The van der Waals surface area contributed by atoms with Crippen molar-refractivity contribution in [3.63, 3.8) is 0 Å². The molecule has 1 fully saturated rings. The zero-order valence-corrected chi connectivity index (χ0v) is 19.3. The highest BCUT2D eigenvalue weighted by Gasteiger charge is 2.26. The second-order valence-electron chi connectivity index (χ2n) is 8.84. The molecular weight excluding hydrogens is 428 g/mol. The van der Waals surface area contributed by atoms with E-state index in [-0.39, 0.29) is 17.8 Å². The Hall–Kier alpha value is -3.78. The normalized spacial score (nSPS) is 19.4. The third kappa shape index (κ3) is 3.70. The maximum Gasteiger partial charge on any atom is 0.329 e. The van der Waals surface area contributed by atoms with Crippen LogP contribution in [0.5, 0.6) is 0 Å². The van der Waals surface area contributed by atoms with Crippen LogP contribution < -0.4 is 11.4 Å². The molecular formula is C26H28N6O2. The van der Waals surface area contributed by atoms with Gasteiger partial charge < -0.3 is 10.8 Å². The molecule has 1 aromatic carbocycles. The van der Waals surface area contributed by atoms with Crippen molar-refractivity contribution in [1.29, 1.82) is 0 Å². The largest absolute Gasteiger partial charge is 0.404 e. The van der Waals surface area contributed by atoms with Crippen LogP contribution in [0.2, 0.25) is 0 Å². The molecule has 8 nitrogen and oxygen atoms in total. The van der Waals surface area contributed by atoms with E-state index in [1.807, 2.05) is 35.0 Å². The van der Waals surface area contributed by atoms with E-state index in [0.29, 0.717) is 12.8 Å². The number of imidazole rings is 1. The molecule has 0 spiro atoms. The summed E-state index contributed by atoms with van der Waals surface area (Å²) in [5.41, 5.74) is 11.7. The molecule has 3 aromatic heterocycles. The van der Waals surface area contributed by atoms with Crippen molar-refractivity contribution in [1.82, 2.24) is 19.1 Å². The highest BCUT2D eigenvalue weighted by atomic mass is 16.3. The summed E-state index contributed by atoms with van der Waals surface area (Å²) in [6, 6.07) is 10.1. The van der Waals surface area contributed by atoms with Crippen LogP contribution in [0.15, 0.2) is 58.7 Å². The number of fused-ring (bicyclic) bond motifs is 3. The SMILES string of the molecule is CN=CC(=CN)c1ccc(-c2ccc3ncc4c(c3c2)n(C2CCC(O)CC2)c(=O)n4C)cn1. The van der Waals surface area contributed by atoms with Crippen LogP contribution in [-0.4, -0.2) is 43.6 Å². The Morgan fingerprint density at radius 1 is 1.12 bits per heavy atom. The van der Waals surface area contributed by atoms with Gasteiger partial charge in [0.2, 0.25) is 0 Å². The lowest BCUT2D eigenvalue weighted by Crippen LogP contribution is -2.29. The first-order chi connectivity index (χ1) is 16.5. The molecule has 5 rings (SSSR count). The van der Waals surface area contributed by atoms with E-state index in [0.717, 1.165) is 57.2 Å². The Labute approximate surface area is 197 Å². The fourth-order valence-electron chi connectivity index (χ4n) is 4.93. The van der Waals surface area contributed by atoms with Gasteiger partial charge in [-0.2, -0.15) is 0 Å². The fraction of sp³-hybridized carbons (Fsp3) is 0.308. The number of aliphatic hydroxyl groups is 1. The van der Waals surface area contributed by atoms with Gasteiger partial charge in [0.25, 0.3) is 0 Å². The Kier molecular flexibility index (Phi) is 5.75. The van der Waals surface area contributed by atoms with E-state index in [1.54, 1.807) is 31.1 Å². The number of aliphatic hydroxyl groups excluding tert-OH is 1. The number of hydrogen-bond acceptors (Lipinski definition) is 6. The van der Waals surface area contributed by atoms with Crippen molar-refractivity contribution < 1.29 is 5.11 Å². The van der Waals surface area contributed by atoms with E-state index in [1.165, 1.54) is 6.20 Å². The van der Waals surface area contributed by atoms with E-state index < -0.39 is 0 Å². The maximum absolute atomic E-state index is 13.3. The number of aromatic nitrogens is 4. The zero-order chi connectivity index (χ0) is 23.8. The Bertz CT molecular complexity index is 1470. The van der Waals surface area contributed by atoms with Crippen molar-refractivity contribution in [2.45, 2.75) is 37.8 Å². The third-order valence-corrected chi connectivity index (χ3v) is 6.79. The standard InChI is InChI=1S/C26H28N6O2/c1-28-13-18(12-27)22-9-4-17(14-29-22)16-3-10-23-21(11-16)25-24(15-30-23)31(2)26(34)32(25)19-5-7-20(33)8-6-19/h3-4,9-15,19-20,33H,5-8,27H2,1-2H3. The molecule has 4 aromatic rings. The molecule has 1 aliphatic rings. The van der Waals surface area contributed by atoms with Gasteiger partial charge in [-0.3, -0.25) is 24.1 Å². The summed E-state index contributed by atoms with van der Waals surface area (Å²) in [6.45, 7) is 0. The predicted octanol–water partition coefficient (Wildman–Crippen LogP) is 3.43. The molecule has 0 atom stereocenters. The second kappa shape index (κ2) is 8.87. The lowest BCUT2D eigenvalue weighted by molar-refractivity contribution is 0.111. The van der Waals surface area contributed by atoms with Crippen LogP contribution in [-0.2, 0) is 7.05 Å². The zero-order valence-electron chi connectivity index (χ0n) is 19.3.